The zero-order chi connectivity index (χ0) is 14.6. The summed E-state index contributed by atoms with van der Waals surface area (Å²) in [7, 11) is 1.83. The van der Waals surface area contributed by atoms with Crippen LogP contribution >= 0.6 is 11.3 Å². The molecule has 0 aliphatic rings. The number of halogens is 3. The number of nitrogens with one attached hydrogen (secondary N) is 1. The summed E-state index contributed by atoms with van der Waals surface area (Å²) >= 11 is 1.65. The molecule has 0 bridgehead atoms. The highest BCUT2D eigenvalue weighted by Gasteiger charge is 2.30. The summed E-state index contributed by atoms with van der Waals surface area (Å²) in [6.45, 7) is 0. The van der Waals surface area contributed by atoms with Gasteiger partial charge in [-0.15, -0.1) is 0 Å². The average molecular weight is 299 g/mol. The lowest BCUT2D eigenvalue weighted by Gasteiger charge is -2.17. The minimum Gasteiger partial charge on any atom is -0.313 e. The average Bonchev–Trinajstić information content (AvgIpc) is 2.92. The van der Waals surface area contributed by atoms with Gasteiger partial charge < -0.3 is 5.32 Å². The summed E-state index contributed by atoms with van der Waals surface area (Å²) in [5, 5.41) is 7.29. The van der Waals surface area contributed by atoms with Gasteiger partial charge in [0.25, 0.3) is 0 Å². The summed E-state index contributed by atoms with van der Waals surface area (Å²) in [6.07, 6.45) is -2.50. The van der Waals surface area contributed by atoms with Gasteiger partial charge >= 0.3 is 6.18 Å². The van der Waals surface area contributed by atoms with E-state index in [-0.39, 0.29) is 6.04 Å². The lowest BCUT2D eigenvalue weighted by atomic mass is 9.99. The molecule has 20 heavy (non-hydrogen) atoms. The fourth-order valence-electron chi connectivity index (χ4n) is 2.13. The molecule has 1 heterocycles. The van der Waals surface area contributed by atoms with Gasteiger partial charge in [0.15, 0.2) is 0 Å². The standard InChI is InChI=1S/C15H16F3NS/c1-19-14(7-2-11-8-9-20-10-11)12-3-5-13(6-4-12)15(16,17)18/h3-6,8-10,14,19H,2,7H2,1H3. The first-order chi connectivity index (χ1) is 9.50. The Kier molecular flexibility index (Phi) is 4.83. The molecule has 1 N–H and O–H groups in total. The molecule has 2 aromatic rings. The van der Waals surface area contributed by atoms with E-state index in [1.165, 1.54) is 5.56 Å². The lowest BCUT2D eigenvalue weighted by Crippen LogP contribution is -2.17. The molecule has 1 atom stereocenters. The first-order valence-corrected chi connectivity index (χ1v) is 7.30. The van der Waals surface area contributed by atoms with E-state index in [1.807, 2.05) is 12.4 Å². The molecule has 0 amide bonds. The first kappa shape index (κ1) is 15.1. The maximum atomic E-state index is 12.5. The van der Waals surface area contributed by atoms with Gasteiger partial charge in [-0.05, 0) is 60.0 Å². The normalized spacial score (nSPS) is 13.4. The maximum absolute atomic E-state index is 12.5. The minimum absolute atomic E-state index is 0.0668. The number of benzene rings is 1. The monoisotopic (exact) mass is 299 g/mol. The Balaban J connectivity index is 2.04. The van der Waals surface area contributed by atoms with Gasteiger partial charge in [-0.1, -0.05) is 12.1 Å². The highest BCUT2D eigenvalue weighted by Crippen LogP contribution is 2.30. The molecule has 0 saturated heterocycles. The van der Waals surface area contributed by atoms with Crippen molar-refractivity contribution in [1.82, 2.24) is 5.32 Å². The number of hydrogen-bond donors (Lipinski definition) is 1. The van der Waals surface area contributed by atoms with E-state index in [2.05, 4.69) is 16.8 Å². The second kappa shape index (κ2) is 6.41. The summed E-state index contributed by atoms with van der Waals surface area (Å²) in [4.78, 5) is 0. The van der Waals surface area contributed by atoms with Crippen LogP contribution in [0.4, 0.5) is 13.2 Å². The van der Waals surface area contributed by atoms with Crippen molar-refractivity contribution in [2.45, 2.75) is 25.1 Å². The fraction of sp³-hybridized carbons (Fsp3) is 0.333. The molecule has 0 aliphatic heterocycles. The third kappa shape index (κ3) is 3.84. The molecule has 1 unspecified atom stereocenters. The van der Waals surface area contributed by atoms with Crippen LogP contribution in [0.2, 0.25) is 0 Å². The predicted octanol–water partition coefficient (Wildman–Crippen LogP) is 4.66. The Hall–Kier alpha value is -1.33. The van der Waals surface area contributed by atoms with Crippen LogP contribution in [-0.4, -0.2) is 7.05 Å². The molecular formula is C15H16F3NS. The van der Waals surface area contributed by atoms with E-state index in [0.717, 1.165) is 30.5 Å². The van der Waals surface area contributed by atoms with Crippen molar-refractivity contribution in [1.29, 1.82) is 0 Å². The summed E-state index contributed by atoms with van der Waals surface area (Å²) in [5.41, 5.74) is 1.55. The number of rotatable bonds is 5. The van der Waals surface area contributed by atoms with Crippen LogP contribution in [0, 0.1) is 0 Å². The highest BCUT2D eigenvalue weighted by molar-refractivity contribution is 7.07. The lowest BCUT2D eigenvalue weighted by molar-refractivity contribution is -0.137. The third-order valence-corrected chi connectivity index (χ3v) is 4.02. The van der Waals surface area contributed by atoms with Crippen LogP contribution < -0.4 is 5.32 Å². The predicted molar refractivity (Wildman–Crippen MR) is 75.9 cm³/mol. The molecule has 1 aromatic carbocycles. The molecule has 0 spiro atoms. The zero-order valence-electron chi connectivity index (χ0n) is 11.1. The van der Waals surface area contributed by atoms with Crippen LogP contribution in [0.15, 0.2) is 41.1 Å². The molecule has 0 fully saturated rings. The maximum Gasteiger partial charge on any atom is 0.416 e. The quantitative estimate of drug-likeness (QED) is 0.846. The van der Waals surface area contributed by atoms with Crippen LogP contribution in [0.1, 0.15) is 29.2 Å². The van der Waals surface area contributed by atoms with Gasteiger partial charge in [-0.2, -0.15) is 24.5 Å². The van der Waals surface area contributed by atoms with Gasteiger partial charge in [0.2, 0.25) is 0 Å². The Morgan fingerprint density at radius 1 is 1.15 bits per heavy atom. The van der Waals surface area contributed by atoms with Crippen molar-refractivity contribution >= 4 is 11.3 Å². The fourth-order valence-corrected chi connectivity index (χ4v) is 2.83. The van der Waals surface area contributed by atoms with Crippen molar-refractivity contribution in [3.05, 3.63) is 57.8 Å². The number of hydrogen-bond acceptors (Lipinski definition) is 2. The van der Waals surface area contributed by atoms with Crippen LogP contribution in [-0.2, 0) is 12.6 Å². The summed E-state index contributed by atoms with van der Waals surface area (Å²) in [6, 6.07) is 7.53. The van der Waals surface area contributed by atoms with Gasteiger partial charge in [0.05, 0.1) is 5.56 Å². The van der Waals surface area contributed by atoms with Crippen LogP contribution in [0.3, 0.4) is 0 Å². The molecule has 108 valence electrons. The Morgan fingerprint density at radius 2 is 1.85 bits per heavy atom. The summed E-state index contributed by atoms with van der Waals surface area (Å²) < 4.78 is 37.6. The van der Waals surface area contributed by atoms with E-state index in [0.29, 0.717) is 0 Å². The second-order valence-corrected chi connectivity index (χ2v) is 5.41. The van der Waals surface area contributed by atoms with E-state index >= 15 is 0 Å². The molecule has 0 saturated carbocycles. The SMILES string of the molecule is CNC(CCc1ccsc1)c1ccc(C(F)(F)F)cc1. The molecule has 2 rings (SSSR count). The van der Waals surface area contributed by atoms with E-state index in [1.54, 1.807) is 23.5 Å². The van der Waals surface area contributed by atoms with Gasteiger partial charge in [0, 0.05) is 6.04 Å². The molecule has 1 nitrogen and oxygen atoms in total. The molecular weight excluding hydrogens is 283 g/mol. The Bertz CT molecular complexity index is 517. The molecule has 0 radical (unpaired) electrons. The number of aryl methyl sites for hydroxylation is 1. The van der Waals surface area contributed by atoms with Crippen LogP contribution in [0.5, 0.6) is 0 Å². The molecule has 5 heteroatoms. The first-order valence-electron chi connectivity index (χ1n) is 6.36. The number of thiophene rings is 1. The van der Waals surface area contributed by atoms with Crippen molar-refractivity contribution < 1.29 is 13.2 Å². The smallest absolute Gasteiger partial charge is 0.313 e. The summed E-state index contributed by atoms with van der Waals surface area (Å²) in [5.74, 6) is 0. The van der Waals surface area contributed by atoms with Crippen molar-refractivity contribution in [2.24, 2.45) is 0 Å². The van der Waals surface area contributed by atoms with E-state index in [4.69, 9.17) is 0 Å². The molecule has 1 aromatic heterocycles. The minimum atomic E-state index is -4.27. The third-order valence-electron chi connectivity index (χ3n) is 3.29. The highest BCUT2D eigenvalue weighted by atomic mass is 32.1. The van der Waals surface area contributed by atoms with Crippen molar-refractivity contribution in [3.63, 3.8) is 0 Å². The zero-order valence-corrected chi connectivity index (χ0v) is 11.9. The molecule has 0 aliphatic carbocycles. The number of alkyl halides is 3. The van der Waals surface area contributed by atoms with Gasteiger partial charge in [0.1, 0.15) is 0 Å². The van der Waals surface area contributed by atoms with Crippen molar-refractivity contribution in [3.8, 4) is 0 Å². The topological polar surface area (TPSA) is 12.0 Å². The van der Waals surface area contributed by atoms with Gasteiger partial charge in [-0.25, -0.2) is 0 Å². The van der Waals surface area contributed by atoms with E-state index < -0.39 is 11.7 Å². The Labute approximate surface area is 120 Å². The van der Waals surface area contributed by atoms with Crippen molar-refractivity contribution in [2.75, 3.05) is 7.05 Å². The van der Waals surface area contributed by atoms with Crippen LogP contribution in [0.25, 0.3) is 0 Å². The second-order valence-electron chi connectivity index (χ2n) is 4.63. The van der Waals surface area contributed by atoms with E-state index in [9.17, 15) is 13.2 Å². The van der Waals surface area contributed by atoms with Gasteiger partial charge in [-0.3, -0.25) is 0 Å². The Morgan fingerprint density at radius 3 is 2.35 bits per heavy atom. The largest absolute Gasteiger partial charge is 0.416 e.